The third-order valence-corrected chi connectivity index (χ3v) is 5.83. The van der Waals surface area contributed by atoms with Gasteiger partial charge in [-0.3, -0.25) is 18.7 Å². The fourth-order valence-electron chi connectivity index (χ4n) is 2.66. The van der Waals surface area contributed by atoms with Crippen molar-refractivity contribution in [2.45, 2.75) is 11.5 Å². The van der Waals surface area contributed by atoms with Gasteiger partial charge in [-0.25, -0.2) is 22.4 Å². The summed E-state index contributed by atoms with van der Waals surface area (Å²) in [5.41, 5.74) is -0.826. The lowest BCUT2D eigenvalue weighted by atomic mass is 10.2. The van der Waals surface area contributed by atoms with Crippen LogP contribution in [-0.2, 0) is 35.5 Å². The predicted molar refractivity (Wildman–Crippen MR) is 110 cm³/mol. The van der Waals surface area contributed by atoms with Crippen LogP contribution in [0.4, 0.5) is 10.1 Å². The molecule has 162 valence electrons. The number of nitrogens with zero attached hydrogens (tertiary/aromatic N) is 2. The Kier molecular flexibility index (Phi) is 6.07. The van der Waals surface area contributed by atoms with Crippen LogP contribution in [-0.4, -0.2) is 23.5 Å². The molecule has 0 radical (unpaired) electrons. The molecule has 0 saturated heterocycles. The van der Waals surface area contributed by atoms with E-state index in [1.54, 1.807) is 0 Å². The number of sulfonamides is 1. The number of esters is 1. The van der Waals surface area contributed by atoms with Crippen LogP contribution in [0.1, 0.15) is 16.1 Å². The number of aromatic nitrogens is 2. The van der Waals surface area contributed by atoms with Gasteiger partial charge in [0.1, 0.15) is 12.4 Å². The van der Waals surface area contributed by atoms with E-state index >= 15 is 0 Å². The Balaban J connectivity index is 1.78. The van der Waals surface area contributed by atoms with Gasteiger partial charge in [0.25, 0.3) is 15.6 Å². The first-order valence-corrected chi connectivity index (χ1v) is 10.4. The maximum atomic E-state index is 13.0. The van der Waals surface area contributed by atoms with Gasteiger partial charge >= 0.3 is 11.7 Å². The zero-order valence-electron chi connectivity index (χ0n) is 16.5. The van der Waals surface area contributed by atoms with Crippen LogP contribution in [0.25, 0.3) is 0 Å². The molecule has 31 heavy (non-hydrogen) atoms. The molecule has 0 aliphatic heterocycles. The molecule has 0 atom stereocenters. The minimum atomic E-state index is -4.04. The van der Waals surface area contributed by atoms with Gasteiger partial charge in [0.05, 0.1) is 16.2 Å². The van der Waals surface area contributed by atoms with Crippen LogP contribution in [0.2, 0.25) is 0 Å². The van der Waals surface area contributed by atoms with Gasteiger partial charge in [-0.05, 0) is 42.5 Å². The number of halogens is 1. The zero-order valence-corrected chi connectivity index (χ0v) is 17.3. The second kappa shape index (κ2) is 8.56. The Morgan fingerprint density at radius 2 is 1.71 bits per heavy atom. The summed E-state index contributed by atoms with van der Waals surface area (Å²) < 4.78 is 47.6. The smallest absolute Gasteiger partial charge is 0.338 e. The van der Waals surface area contributed by atoms with E-state index in [1.807, 2.05) is 0 Å². The van der Waals surface area contributed by atoms with Gasteiger partial charge in [-0.2, -0.15) is 0 Å². The molecule has 0 saturated carbocycles. The summed E-state index contributed by atoms with van der Waals surface area (Å²) in [6.45, 7) is -0.356. The van der Waals surface area contributed by atoms with Gasteiger partial charge in [-0.1, -0.05) is 6.07 Å². The third kappa shape index (κ3) is 4.89. The van der Waals surface area contributed by atoms with Crippen molar-refractivity contribution in [2.75, 3.05) is 4.72 Å². The molecule has 1 heterocycles. The standard InChI is InChI=1S/C20H18FN3O6S/c1-23-16(11-18(25)24(2)20(23)27)12-30-19(26)13-4-3-5-17(10-13)31(28,29)22-15-8-6-14(21)7-9-15/h3-11,22H,12H2,1-2H3. The fraction of sp³-hybridized carbons (Fsp3) is 0.150. The van der Waals surface area contributed by atoms with Crippen LogP contribution < -0.4 is 16.0 Å². The third-order valence-electron chi connectivity index (χ3n) is 4.45. The van der Waals surface area contributed by atoms with Crippen LogP contribution in [0.5, 0.6) is 0 Å². The van der Waals surface area contributed by atoms with Crippen molar-refractivity contribution >= 4 is 21.7 Å². The Morgan fingerprint density at radius 1 is 1.03 bits per heavy atom. The fourth-order valence-corrected chi connectivity index (χ4v) is 3.77. The first kappa shape index (κ1) is 22.0. The van der Waals surface area contributed by atoms with Crippen LogP contribution in [0.3, 0.4) is 0 Å². The highest BCUT2D eigenvalue weighted by atomic mass is 32.2. The lowest BCUT2D eigenvalue weighted by Gasteiger charge is -2.11. The molecule has 0 unspecified atom stereocenters. The quantitative estimate of drug-likeness (QED) is 0.571. The van der Waals surface area contributed by atoms with Gasteiger partial charge in [0, 0.05) is 25.8 Å². The second-order valence-electron chi connectivity index (χ2n) is 6.59. The molecular weight excluding hydrogens is 429 g/mol. The number of nitrogens with one attached hydrogen (secondary N) is 1. The zero-order chi connectivity index (χ0) is 22.8. The number of carbonyl (C=O) groups excluding carboxylic acids is 1. The van der Waals surface area contributed by atoms with E-state index in [9.17, 15) is 27.2 Å². The van der Waals surface area contributed by atoms with E-state index in [0.717, 1.165) is 22.8 Å². The highest BCUT2D eigenvalue weighted by molar-refractivity contribution is 7.92. The van der Waals surface area contributed by atoms with Crippen molar-refractivity contribution in [3.8, 4) is 0 Å². The minimum Gasteiger partial charge on any atom is -0.456 e. The number of anilines is 1. The van der Waals surface area contributed by atoms with Gasteiger partial charge in [0.15, 0.2) is 0 Å². The average molecular weight is 447 g/mol. The molecule has 0 aliphatic rings. The monoisotopic (exact) mass is 447 g/mol. The van der Waals surface area contributed by atoms with E-state index in [-0.39, 0.29) is 28.4 Å². The maximum absolute atomic E-state index is 13.0. The molecule has 11 heteroatoms. The maximum Gasteiger partial charge on any atom is 0.338 e. The Hall–Kier alpha value is -3.73. The molecule has 9 nitrogen and oxygen atoms in total. The molecule has 2 aromatic carbocycles. The summed E-state index contributed by atoms with van der Waals surface area (Å²) in [5, 5.41) is 0. The van der Waals surface area contributed by atoms with E-state index < -0.39 is 33.1 Å². The Morgan fingerprint density at radius 3 is 2.39 bits per heavy atom. The molecule has 3 rings (SSSR count). The van der Waals surface area contributed by atoms with Crippen molar-refractivity contribution < 1.29 is 22.3 Å². The SMILES string of the molecule is Cn1c(COC(=O)c2cccc(S(=O)(=O)Nc3ccc(F)cc3)c2)cc(=O)n(C)c1=O. The molecular formula is C20H18FN3O6S. The molecule has 1 N–H and O–H groups in total. The van der Waals surface area contributed by atoms with E-state index in [2.05, 4.69) is 4.72 Å². The summed E-state index contributed by atoms with van der Waals surface area (Å²) >= 11 is 0. The normalized spacial score (nSPS) is 11.2. The molecule has 0 spiro atoms. The highest BCUT2D eigenvalue weighted by Gasteiger charge is 2.18. The summed E-state index contributed by atoms with van der Waals surface area (Å²) in [5.74, 6) is -1.35. The average Bonchev–Trinajstić information content (AvgIpc) is 2.75. The minimum absolute atomic E-state index is 0.0455. The van der Waals surface area contributed by atoms with Crippen LogP contribution >= 0.6 is 0 Å². The van der Waals surface area contributed by atoms with E-state index in [0.29, 0.717) is 0 Å². The first-order valence-electron chi connectivity index (χ1n) is 8.90. The Bertz CT molecular complexity index is 1360. The van der Waals surface area contributed by atoms with Gasteiger partial charge in [0.2, 0.25) is 0 Å². The summed E-state index contributed by atoms with van der Waals surface area (Å²) in [4.78, 5) is 35.9. The van der Waals surface area contributed by atoms with Crippen molar-refractivity contribution in [3.63, 3.8) is 0 Å². The number of ether oxygens (including phenoxy) is 1. The van der Waals surface area contributed by atoms with E-state index in [4.69, 9.17) is 4.74 Å². The molecule has 1 aromatic heterocycles. The van der Waals surface area contributed by atoms with Crippen molar-refractivity contribution in [2.24, 2.45) is 14.1 Å². The van der Waals surface area contributed by atoms with E-state index in [1.165, 1.54) is 55.1 Å². The largest absolute Gasteiger partial charge is 0.456 e. The topological polar surface area (TPSA) is 116 Å². The second-order valence-corrected chi connectivity index (χ2v) is 8.27. The summed E-state index contributed by atoms with van der Waals surface area (Å²) in [6, 6.07) is 11.0. The summed E-state index contributed by atoms with van der Waals surface area (Å²) in [6.07, 6.45) is 0. The van der Waals surface area contributed by atoms with Gasteiger partial charge in [-0.15, -0.1) is 0 Å². The lowest BCUT2D eigenvalue weighted by molar-refractivity contribution is 0.0462. The predicted octanol–water partition coefficient (Wildman–Crippen LogP) is 1.38. The van der Waals surface area contributed by atoms with Crippen molar-refractivity contribution in [1.29, 1.82) is 0 Å². The van der Waals surface area contributed by atoms with Crippen molar-refractivity contribution in [3.05, 3.63) is 92.5 Å². The molecule has 0 aliphatic carbocycles. The first-order chi connectivity index (χ1) is 14.6. The lowest BCUT2D eigenvalue weighted by Crippen LogP contribution is -2.38. The number of benzene rings is 2. The van der Waals surface area contributed by atoms with Crippen LogP contribution in [0, 0.1) is 5.82 Å². The number of hydrogen-bond acceptors (Lipinski definition) is 6. The number of rotatable bonds is 6. The molecule has 0 fully saturated rings. The highest BCUT2D eigenvalue weighted by Crippen LogP contribution is 2.18. The Labute approximate surface area is 176 Å². The number of hydrogen-bond donors (Lipinski definition) is 1. The summed E-state index contributed by atoms with van der Waals surface area (Å²) in [7, 11) is -1.29. The molecule has 0 bridgehead atoms. The molecule has 3 aromatic rings. The van der Waals surface area contributed by atoms with Gasteiger partial charge < -0.3 is 4.74 Å². The molecule has 0 amide bonds. The van der Waals surface area contributed by atoms with Crippen LogP contribution in [0.15, 0.2) is 69.1 Å². The van der Waals surface area contributed by atoms with Crippen molar-refractivity contribution in [1.82, 2.24) is 9.13 Å². The number of carbonyl (C=O) groups is 1.